The third kappa shape index (κ3) is 38.9. The molecule has 1 rings (SSSR count). The zero-order valence-electron chi connectivity index (χ0n) is 44.6. The van der Waals surface area contributed by atoms with Gasteiger partial charge in [-0.15, -0.1) is 0 Å². The lowest BCUT2D eigenvalue weighted by molar-refractivity contribution is -0.298. The minimum Gasteiger partial charge on any atom is -0.394 e. The van der Waals surface area contributed by atoms with Crippen LogP contribution in [0.2, 0.25) is 0 Å². The molecular weight excluding hydrogens is 907 g/mol. The van der Waals surface area contributed by atoms with Crippen molar-refractivity contribution in [1.82, 2.24) is 5.32 Å². The van der Waals surface area contributed by atoms with E-state index in [4.69, 9.17) is 9.47 Å². The zero-order chi connectivity index (χ0) is 51.2. The summed E-state index contributed by atoms with van der Waals surface area (Å²) in [6.07, 6.45) is 50.5. The maximum Gasteiger partial charge on any atom is 0.397 e. The highest BCUT2D eigenvalue weighted by Crippen LogP contribution is 2.26. The molecule has 12 nitrogen and oxygen atoms in total. The number of hydrogen-bond acceptors (Lipinski definition) is 10. The van der Waals surface area contributed by atoms with E-state index in [9.17, 15) is 38.2 Å². The molecule has 0 spiro atoms. The number of amides is 1. The van der Waals surface area contributed by atoms with E-state index >= 15 is 0 Å². The first-order valence-electron chi connectivity index (χ1n) is 28.9. The highest BCUT2D eigenvalue weighted by atomic mass is 32.3. The third-order valence-corrected chi connectivity index (χ3v) is 14.1. The molecule has 0 radical (unpaired) electrons. The minimum atomic E-state index is -5.09. The number of rotatable bonds is 50. The highest BCUT2D eigenvalue weighted by molar-refractivity contribution is 7.80. The molecule has 6 N–H and O–H groups in total. The van der Waals surface area contributed by atoms with Crippen LogP contribution in [0.3, 0.4) is 0 Å². The van der Waals surface area contributed by atoms with Gasteiger partial charge in [-0.3, -0.25) is 9.35 Å². The Morgan fingerprint density at radius 2 is 0.957 bits per heavy atom. The first kappa shape index (κ1) is 66.3. The molecule has 0 aromatic carbocycles. The van der Waals surface area contributed by atoms with Gasteiger partial charge in [0, 0.05) is 6.42 Å². The summed E-state index contributed by atoms with van der Waals surface area (Å²) in [7, 11) is -5.09. The van der Waals surface area contributed by atoms with Gasteiger partial charge in [-0.05, 0) is 51.4 Å². The number of aliphatic hydroxyl groups excluding tert-OH is 4. The van der Waals surface area contributed by atoms with Gasteiger partial charge in [0.25, 0.3) is 0 Å². The number of aliphatic hydroxyl groups is 4. The van der Waals surface area contributed by atoms with Crippen LogP contribution in [0.15, 0.2) is 36.5 Å². The van der Waals surface area contributed by atoms with Crippen LogP contribution >= 0.6 is 0 Å². The lowest BCUT2D eigenvalue weighted by atomic mass is 9.99. The summed E-state index contributed by atoms with van der Waals surface area (Å²) >= 11 is 0. The summed E-state index contributed by atoms with van der Waals surface area (Å²) in [5.74, 6) is -0.262. The zero-order valence-corrected chi connectivity index (χ0v) is 45.4. The molecular formula is C57H107NO11S. The van der Waals surface area contributed by atoms with Gasteiger partial charge in [0.15, 0.2) is 6.29 Å². The van der Waals surface area contributed by atoms with Crippen molar-refractivity contribution in [3.05, 3.63) is 36.5 Å². The Morgan fingerprint density at radius 1 is 0.571 bits per heavy atom. The van der Waals surface area contributed by atoms with Gasteiger partial charge in [0.2, 0.25) is 5.91 Å². The average molecular weight is 1010 g/mol. The molecule has 1 aliphatic rings. The normalized spacial score (nSPS) is 19.8. The number of carbonyl (C=O) groups is 1. The molecule has 0 saturated carbocycles. The average Bonchev–Trinajstić information content (AvgIpc) is 3.33. The summed E-state index contributed by atoms with van der Waals surface area (Å²) in [5.41, 5.74) is 0. The second-order valence-corrected chi connectivity index (χ2v) is 21.3. The van der Waals surface area contributed by atoms with Crippen molar-refractivity contribution >= 4 is 16.3 Å². The first-order chi connectivity index (χ1) is 34.0. The molecule has 1 amide bonds. The van der Waals surface area contributed by atoms with Crippen LogP contribution in [-0.2, 0) is 28.9 Å². The number of allylic oxidation sites excluding steroid dienone is 5. The van der Waals surface area contributed by atoms with E-state index in [0.717, 1.165) is 44.9 Å². The topological polar surface area (TPSA) is 192 Å². The van der Waals surface area contributed by atoms with E-state index in [2.05, 4.69) is 47.7 Å². The van der Waals surface area contributed by atoms with Crippen LogP contribution in [0, 0.1) is 0 Å². The van der Waals surface area contributed by atoms with Crippen LogP contribution in [0.4, 0.5) is 0 Å². The molecule has 0 bridgehead atoms. The van der Waals surface area contributed by atoms with Crippen LogP contribution in [0.25, 0.3) is 0 Å². The second-order valence-electron chi connectivity index (χ2n) is 20.2. The molecule has 0 aromatic heterocycles. The summed E-state index contributed by atoms with van der Waals surface area (Å²) in [4.78, 5) is 13.1. The van der Waals surface area contributed by atoms with Crippen LogP contribution in [0.1, 0.15) is 264 Å². The van der Waals surface area contributed by atoms with Crippen molar-refractivity contribution in [1.29, 1.82) is 0 Å². The molecule has 412 valence electrons. The molecule has 1 saturated heterocycles. The SMILES string of the molecule is CCCCCCCCCCC/C=C\C/C=C\CCCCCCCCCCCCCCCC(=O)NC(COC1OC(CO)C(O)C(OS(=O)(=O)O)C1O)C(O)/C=C/CCCCCCCCCCCCCC. The van der Waals surface area contributed by atoms with Gasteiger partial charge in [0.1, 0.15) is 24.4 Å². The van der Waals surface area contributed by atoms with Crippen molar-refractivity contribution < 1.29 is 51.8 Å². The fourth-order valence-electron chi connectivity index (χ4n) is 9.19. The van der Waals surface area contributed by atoms with Gasteiger partial charge >= 0.3 is 10.4 Å². The Kier molecular flexibility index (Phi) is 44.6. The van der Waals surface area contributed by atoms with E-state index in [0.29, 0.717) is 6.42 Å². The van der Waals surface area contributed by atoms with E-state index in [1.165, 1.54) is 193 Å². The predicted molar refractivity (Wildman–Crippen MR) is 287 cm³/mol. The standard InChI is InChI=1S/C57H107NO11S/c1-3-5-7-9-11-13-15-17-19-20-21-22-23-24-25-26-27-28-29-30-31-32-33-35-37-39-41-43-45-47-53(61)58-50(49-67-57-55(63)56(69-70(64,65)66)54(62)52(48-59)68-57)51(60)46-44-42-40-38-36-34-18-16-14-12-10-8-6-4-2/h21-22,24-25,44,46,50-52,54-57,59-60,62-63H,3-20,23,26-43,45,47-49H2,1-2H3,(H,58,61)(H,64,65,66)/b22-21-,25-24-,46-44+. The first-order valence-corrected chi connectivity index (χ1v) is 30.2. The molecule has 1 aliphatic heterocycles. The quantitative estimate of drug-likeness (QED) is 0.0193. The van der Waals surface area contributed by atoms with Crippen molar-refractivity contribution in [2.24, 2.45) is 0 Å². The smallest absolute Gasteiger partial charge is 0.394 e. The highest BCUT2D eigenvalue weighted by Gasteiger charge is 2.48. The van der Waals surface area contributed by atoms with E-state index in [-0.39, 0.29) is 18.9 Å². The number of hydrogen-bond donors (Lipinski definition) is 6. The summed E-state index contributed by atoms with van der Waals surface area (Å²) in [5, 5.41) is 44.9. The Hall–Kier alpha value is -1.68. The van der Waals surface area contributed by atoms with Crippen LogP contribution in [0.5, 0.6) is 0 Å². The van der Waals surface area contributed by atoms with Gasteiger partial charge in [-0.2, -0.15) is 8.42 Å². The van der Waals surface area contributed by atoms with Gasteiger partial charge in [-0.1, -0.05) is 243 Å². The predicted octanol–water partition coefficient (Wildman–Crippen LogP) is 13.4. The molecule has 7 unspecified atom stereocenters. The number of ether oxygens (including phenoxy) is 2. The number of unbranched alkanes of at least 4 members (excludes halogenated alkanes) is 34. The van der Waals surface area contributed by atoms with E-state index < -0.39 is 59.9 Å². The van der Waals surface area contributed by atoms with E-state index in [1.54, 1.807) is 6.08 Å². The Bertz CT molecular complexity index is 1380. The monoisotopic (exact) mass is 1010 g/mol. The summed E-state index contributed by atoms with van der Waals surface area (Å²) < 4.78 is 47.8. The molecule has 70 heavy (non-hydrogen) atoms. The summed E-state index contributed by atoms with van der Waals surface area (Å²) in [6, 6.07) is -0.944. The van der Waals surface area contributed by atoms with Crippen molar-refractivity contribution in [2.45, 2.75) is 307 Å². The van der Waals surface area contributed by atoms with E-state index in [1.807, 2.05) is 6.08 Å². The number of nitrogens with one attached hydrogen (secondary N) is 1. The Balaban J connectivity index is 2.30. The van der Waals surface area contributed by atoms with Crippen molar-refractivity contribution in [3.8, 4) is 0 Å². The van der Waals surface area contributed by atoms with Crippen molar-refractivity contribution in [2.75, 3.05) is 13.2 Å². The minimum absolute atomic E-state index is 0.262. The fraction of sp³-hybridized carbons (Fsp3) is 0.877. The lowest BCUT2D eigenvalue weighted by Crippen LogP contribution is -2.61. The third-order valence-electron chi connectivity index (χ3n) is 13.7. The van der Waals surface area contributed by atoms with Gasteiger partial charge in [0.05, 0.1) is 25.4 Å². The van der Waals surface area contributed by atoms with Crippen LogP contribution < -0.4 is 5.32 Å². The molecule has 13 heteroatoms. The second kappa shape index (κ2) is 47.1. The maximum atomic E-state index is 13.1. The Morgan fingerprint density at radius 3 is 1.36 bits per heavy atom. The Labute approximate surface area is 428 Å². The largest absolute Gasteiger partial charge is 0.397 e. The molecule has 1 heterocycles. The number of carbonyl (C=O) groups excluding carboxylic acids is 1. The fourth-order valence-corrected chi connectivity index (χ4v) is 9.70. The van der Waals surface area contributed by atoms with Gasteiger partial charge < -0.3 is 35.2 Å². The molecule has 0 aliphatic carbocycles. The lowest BCUT2D eigenvalue weighted by Gasteiger charge is -2.41. The van der Waals surface area contributed by atoms with Gasteiger partial charge in [-0.25, -0.2) is 4.18 Å². The molecule has 0 aromatic rings. The van der Waals surface area contributed by atoms with Crippen LogP contribution in [-0.4, -0.2) is 95.4 Å². The molecule has 7 atom stereocenters. The maximum absolute atomic E-state index is 13.1. The summed E-state index contributed by atoms with van der Waals surface area (Å²) in [6.45, 7) is 3.41. The molecule has 1 fully saturated rings. The van der Waals surface area contributed by atoms with Crippen molar-refractivity contribution in [3.63, 3.8) is 0 Å².